The largest absolute Gasteiger partial charge is 0.497 e. The van der Waals surface area contributed by atoms with Crippen LogP contribution in [-0.4, -0.2) is 35.5 Å². The van der Waals surface area contributed by atoms with Gasteiger partial charge in [0.2, 0.25) is 5.89 Å². The molecule has 0 saturated carbocycles. The molecule has 1 heterocycles. The summed E-state index contributed by atoms with van der Waals surface area (Å²) in [6.45, 7) is 0. The molecule has 0 aliphatic heterocycles. The molecule has 2 rings (SSSR count). The first kappa shape index (κ1) is 13.6. The van der Waals surface area contributed by atoms with Crippen LogP contribution in [0.5, 0.6) is 11.5 Å². The smallest absolute Gasteiger partial charge is 0.328 e. The molecule has 1 aromatic carbocycles. The number of benzene rings is 1. The van der Waals surface area contributed by atoms with Crippen molar-refractivity contribution in [3.63, 3.8) is 0 Å². The molecule has 7 nitrogen and oxygen atoms in total. The van der Waals surface area contributed by atoms with E-state index in [1.54, 1.807) is 25.3 Å². The normalized spacial score (nSPS) is 10.7. The van der Waals surface area contributed by atoms with Crippen molar-refractivity contribution in [3.8, 4) is 23.0 Å². The standard InChI is InChI=1S/C13H12N2O5/c1-18-8-3-4-10(19-2)9(7-8)13-15-14-11(20-13)5-6-12(16)17/h3-7H,1-2H3,(H,16,17)/b6-5+. The summed E-state index contributed by atoms with van der Waals surface area (Å²) in [5.74, 6) is 0.367. The van der Waals surface area contributed by atoms with Crippen LogP contribution in [0.1, 0.15) is 5.89 Å². The predicted molar refractivity (Wildman–Crippen MR) is 69.5 cm³/mol. The summed E-state index contributed by atoms with van der Waals surface area (Å²) in [5, 5.41) is 16.1. The third-order valence-electron chi connectivity index (χ3n) is 2.45. The molecular formula is C13H12N2O5. The van der Waals surface area contributed by atoms with Gasteiger partial charge in [0.1, 0.15) is 11.5 Å². The van der Waals surface area contributed by atoms with Gasteiger partial charge in [-0.1, -0.05) is 0 Å². The van der Waals surface area contributed by atoms with Gasteiger partial charge in [0.05, 0.1) is 19.8 Å². The van der Waals surface area contributed by atoms with E-state index in [0.717, 1.165) is 6.08 Å². The molecule has 1 N–H and O–H groups in total. The molecule has 0 aliphatic carbocycles. The summed E-state index contributed by atoms with van der Waals surface area (Å²) in [6.07, 6.45) is 2.13. The highest BCUT2D eigenvalue weighted by atomic mass is 16.5. The number of hydrogen-bond donors (Lipinski definition) is 1. The highest BCUT2D eigenvalue weighted by Gasteiger charge is 2.14. The molecule has 0 amide bonds. The number of carboxylic acids is 1. The Morgan fingerprint density at radius 2 is 2.10 bits per heavy atom. The third kappa shape index (κ3) is 2.94. The van der Waals surface area contributed by atoms with Crippen molar-refractivity contribution in [2.45, 2.75) is 0 Å². The fourth-order valence-electron chi connectivity index (χ4n) is 1.53. The zero-order valence-electron chi connectivity index (χ0n) is 10.9. The molecule has 1 aromatic heterocycles. The van der Waals surface area contributed by atoms with Crippen LogP contribution in [0.3, 0.4) is 0 Å². The average Bonchev–Trinajstić information content (AvgIpc) is 2.93. The van der Waals surface area contributed by atoms with Crippen LogP contribution in [0.4, 0.5) is 0 Å². The number of aromatic nitrogens is 2. The minimum atomic E-state index is -1.09. The minimum Gasteiger partial charge on any atom is -0.497 e. The maximum Gasteiger partial charge on any atom is 0.328 e. The number of methoxy groups -OCH3 is 2. The van der Waals surface area contributed by atoms with E-state index in [-0.39, 0.29) is 11.8 Å². The molecule has 20 heavy (non-hydrogen) atoms. The van der Waals surface area contributed by atoms with Crippen LogP contribution < -0.4 is 9.47 Å². The van der Waals surface area contributed by atoms with E-state index in [1.165, 1.54) is 13.2 Å². The summed E-state index contributed by atoms with van der Waals surface area (Å²) >= 11 is 0. The third-order valence-corrected chi connectivity index (χ3v) is 2.45. The zero-order chi connectivity index (χ0) is 14.5. The van der Waals surface area contributed by atoms with Crippen LogP contribution in [0.2, 0.25) is 0 Å². The average molecular weight is 276 g/mol. The van der Waals surface area contributed by atoms with Crippen molar-refractivity contribution in [1.29, 1.82) is 0 Å². The van der Waals surface area contributed by atoms with Crippen molar-refractivity contribution in [1.82, 2.24) is 10.2 Å². The Kier molecular flexibility index (Phi) is 3.99. The molecule has 0 bridgehead atoms. The molecule has 0 atom stereocenters. The highest BCUT2D eigenvalue weighted by Crippen LogP contribution is 2.32. The number of ether oxygens (including phenoxy) is 2. The van der Waals surface area contributed by atoms with Crippen LogP contribution in [-0.2, 0) is 4.79 Å². The number of hydrogen-bond acceptors (Lipinski definition) is 6. The first-order valence-corrected chi connectivity index (χ1v) is 5.61. The van der Waals surface area contributed by atoms with Gasteiger partial charge in [-0.05, 0) is 18.2 Å². The van der Waals surface area contributed by atoms with Gasteiger partial charge in [-0.3, -0.25) is 0 Å². The second-order valence-electron chi connectivity index (χ2n) is 3.68. The molecule has 0 aliphatic rings. The minimum absolute atomic E-state index is 0.0901. The summed E-state index contributed by atoms with van der Waals surface area (Å²) in [6, 6.07) is 5.14. The number of rotatable bonds is 5. The molecule has 0 saturated heterocycles. The molecule has 104 valence electrons. The topological polar surface area (TPSA) is 94.7 Å². The van der Waals surface area contributed by atoms with Gasteiger partial charge in [0.15, 0.2) is 0 Å². The van der Waals surface area contributed by atoms with Gasteiger partial charge in [0.25, 0.3) is 5.89 Å². The summed E-state index contributed by atoms with van der Waals surface area (Å²) in [7, 11) is 3.06. The summed E-state index contributed by atoms with van der Waals surface area (Å²) in [5.41, 5.74) is 0.564. The van der Waals surface area contributed by atoms with Crippen molar-refractivity contribution < 1.29 is 23.8 Å². The summed E-state index contributed by atoms with van der Waals surface area (Å²) in [4.78, 5) is 10.4. The van der Waals surface area contributed by atoms with Gasteiger partial charge >= 0.3 is 5.97 Å². The van der Waals surface area contributed by atoms with E-state index in [9.17, 15) is 4.79 Å². The van der Waals surface area contributed by atoms with Crippen LogP contribution in [0.25, 0.3) is 17.5 Å². The Bertz CT molecular complexity index is 648. The van der Waals surface area contributed by atoms with E-state index < -0.39 is 5.97 Å². The van der Waals surface area contributed by atoms with Crippen molar-refractivity contribution in [2.24, 2.45) is 0 Å². The molecule has 0 fully saturated rings. The molecule has 0 radical (unpaired) electrons. The first-order chi connectivity index (χ1) is 9.63. The fourth-order valence-corrected chi connectivity index (χ4v) is 1.53. The van der Waals surface area contributed by atoms with Crippen molar-refractivity contribution in [2.75, 3.05) is 14.2 Å². The monoisotopic (exact) mass is 276 g/mol. The van der Waals surface area contributed by atoms with E-state index in [4.69, 9.17) is 19.0 Å². The Labute approximate surface area is 114 Å². The second kappa shape index (κ2) is 5.87. The van der Waals surface area contributed by atoms with Gasteiger partial charge in [-0.2, -0.15) is 0 Å². The van der Waals surface area contributed by atoms with Gasteiger partial charge in [-0.25, -0.2) is 4.79 Å². The Morgan fingerprint density at radius 3 is 2.75 bits per heavy atom. The maximum absolute atomic E-state index is 10.4. The molecule has 2 aromatic rings. The lowest BCUT2D eigenvalue weighted by Gasteiger charge is -2.06. The maximum atomic E-state index is 10.4. The Morgan fingerprint density at radius 1 is 1.30 bits per heavy atom. The highest BCUT2D eigenvalue weighted by molar-refractivity contribution is 5.84. The Hall–Kier alpha value is -2.83. The SMILES string of the molecule is COc1ccc(OC)c(-c2nnc(/C=C/C(=O)O)o2)c1. The van der Waals surface area contributed by atoms with Gasteiger partial charge < -0.3 is 19.0 Å². The van der Waals surface area contributed by atoms with Gasteiger partial charge in [-0.15, -0.1) is 10.2 Å². The van der Waals surface area contributed by atoms with Crippen LogP contribution in [0, 0.1) is 0 Å². The first-order valence-electron chi connectivity index (χ1n) is 5.61. The van der Waals surface area contributed by atoms with Gasteiger partial charge in [0, 0.05) is 12.2 Å². The van der Waals surface area contributed by atoms with E-state index >= 15 is 0 Å². The predicted octanol–water partition coefficient (Wildman–Crippen LogP) is 1.85. The zero-order valence-corrected chi connectivity index (χ0v) is 10.9. The van der Waals surface area contributed by atoms with E-state index in [1.807, 2.05) is 0 Å². The quantitative estimate of drug-likeness (QED) is 0.832. The second-order valence-corrected chi connectivity index (χ2v) is 3.68. The molecular weight excluding hydrogens is 264 g/mol. The number of carbonyl (C=O) groups is 1. The fraction of sp³-hybridized carbons (Fsp3) is 0.154. The number of carboxylic acid groups (broad SMARTS) is 1. The van der Waals surface area contributed by atoms with Crippen molar-refractivity contribution in [3.05, 3.63) is 30.2 Å². The summed E-state index contributed by atoms with van der Waals surface area (Å²) < 4.78 is 15.7. The molecule has 0 unspecified atom stereocenters. The lowest BCUT2D eigenvalue weighted by atomic mass is 10.2. The van der Waals surface area contributed by atoms with E-state index in [2.05, 4.69) is 10.2 Å². The lowest BCUT2D eigenvalue weighted by Crippen LogP contribution is -1.90. The lowest BCUT2D eigenvalue weighted by molar-refractivity contribution is -0.131. The Balaban J connectivity index is 2.38. The van der Waals surface area contributed by atoms with Crippen molar-refractivity contribution >= 4 is 12.0 Å². The molecule has 7 heteroatoms. The molecule has 0 spiro atoms. The van der Waals surface area contributed by atoms with E-state index in [0.29, 0.717) is 17.1 Å². The number of aliphatic carboxylic acids is 1. The van der Waals surface area contributed by atoms with Crippen LogP contribution in [0.15, 0.2) is 28.7 Å². The number of nitrogens with zero attached hydrogens (tertiary/aromatic N) is 2. The van der Waals surface area contributed by atoms with Crippen LogP contribution >= 0.6 is 0 Å².